The third-order valence-electron chi connectivity index (χ3n) is 10.8. The van der Waals surface area contributed by atoms with Crippen molar-refractivity contribution in [2.75, 3.05) is 12.4 Å². The number of methoxy groups -OCH3 is 1. The molecule has 5 N–H and O–H groups in total. The molecule has 2 saturated heterocycles. The molecular formula is C43H49NO15Y2-2. The topological polar surface area (TPSA) is 234 Å². The van der Waals surface area contributed by atoms with E-state index in [1.165, 1.54) is 31.4 Å². The first-order valence-electron chi connectivity index (χ1n) is 19.1. The van der Waals surface area contributed by atoms with Crippen molar-refractivity contribution >= 4 is 39.3 Å². The number of benzene rings is 2. The molecule has 2 aliphatic heterocycles. The van der Waals surface area contributed by atoms with Crippen LogP contribution in [0.4, 0.5) is 5.69 Å². The Hall–Kier alpha value is -2.73. The van der Waals surface area contributed by atoms with Crippen LogP contribution in [0.1, 0.15) is 64.2 Å². The summed E-state index contributed by atoms with van der Waals surface area (Å²) in [4.78, 5) is 51.2. The summed E-state index contributed by atoms with van der Waals surface area (Å²) >= 11 is 0. The summed E-state index contributed by atoms with van der Waals surface area (Å²) < 4.78 is 39.7. The molecule has 0 saturated carbocycles. The van der Waals surface area contributed by atoms with E-state index in [0.29, 0.717) is 21.9 Å². The van der Waals surface area contributed by atoms with E-state index in [1.807, 2.05) is 0 Å². The van der Waals surface area contributed by atoms with Gasteiger partial charge in [0.2, 0.25) is 18.5 Å². The first kappa shape index (κ1) is 50.9. The standard InChI is InChI=1S/C43H49NO15.2Y/c1-20-13-23-15-25(38(51)54-30(23)18-28(20)57-41-36(50)34(48)37(53-8)43(6,7)59-41)16-26(45)11-9-10-12-32(46)44-27-17-24-14-21(2)29(19-31(24)55-39(27)52)56-40-35(49)33(47)22(3)42(4,5)58-40;;/h9-10,13-15,17,22,33-37,40-41,47-50H,11-12,16H2,1-8H3,(H,44,46);;/q-2;;/b10-9+;;/t22-,33-,34+,35-,36-,37-,40+,41+;;/m1../s1. The summed E-state index contributed by atoms with van der Waals surface area (Å²) in [5, 5.41) is 45.7. The summed E-state index contributed by atoms with van der Waals surface area (Å²) in [6.07, 6.45) is -6.00. The molecule has 4 aromatic rings. The van der Waals surface area contributed by atoms with E-state index in [2.05, 4.69) is 17.4 Å². The van der Waals surface area contributed by atoms with Crippen LogP contribution in [0.15, 0.2) is 54.8 Å². The zero-order valence-corrected chi connectivity index (χ0v) is 40.8. The summed E-state index contributed by atoms with van der Waals surface area (Å²) in [5.74, 6) is -0.957. The van der Waals surface area contributed by atoms with Gasteiger partial charge in [0.15, 0.2) is 0 Å². The molecule has 16 nitrogen and oxygen atoms in total. The van der Waals surface area contributed by atoms with Gasteiger partial charge >= 0.3 is 11.3 Å². The van der Waals surface area contributed by atoms with Crippen LogP contribution in [-0.2, 0) is 95.6 Å². The Morgan fingerprint density at radius 3 is 1.84 bits per heavy atom. The van der Waals surface area contributed by atoms with Gasteiger partial charge in [0.1, 0.15) is 35.9 Å². The SMILES string of the molecule is CO[C@@H]1[C@@H](O)[C@@H](O)[C@@H](Oc2[c-]c3oc(=O)c(CC(=O)C/C=C/CC(=O)Nc4cc5cc(C)c(O[C@H]6OC(C)(C)[C@H](C)[C@@H](O)[C@H]6O)[c-]c5oc4=O)cc3cc2C)OC1(C)C.[Y].[Y]. The van der Waals surface area contributed by atoms with Crippen molar-refractivity contribution in [2.45, 2.75) is 122 Å². The molecule has 4 heterocycles. The number of aliphatic hydroxyl groups is 4. The number of allylic oxidation sites excluding steroid dienone is 1. The Morgan fingerprint density at radius 1 is 0.754 bits per heavy atom. The first-order valence-corrected chi connectivity index (χ1v) is 19.1. The average Bonchev–Trinajstić information content (AvgIpc) is 3.15. The number of nitrogens with one attached hydrogen (secondary N) is 1. The Bertz CT molecular complexity index is 2390. The van der Waals surface area contributed by atoms with E-state index in [9.17, 15) is 39.6 Å². The Morgan fingerprint density at radius 2 is 1.26 bits per heavy atom. The normalized spacial score (nSPS) is 25.7. The number of aryl methyl sites for hydroxylation is 2. The van der Waals surface area contributed by atoms with E-state index >= 15 is 0 Å². The number of carbonyl (C=O) groups is 2. The zero-order valence-electron chi connectivity index (χ0n) is 35.1. The number of Topliss-reactive ketones (excluding diaryl/α,β-unsaturated/α-hetero) is 1. The molecule has 2 radical (unpaired) electrons. The largest absolute Gasteiger partial charge is 0.487 e. The summed E-state index contributed by atoms with van der Waals surface area (Å²) in [7, 11) is 1.40. The van der Waals surface area contributed by atoms with E-state index < -0.39 is 71.5 Å². The number of ketones is 1. The molecule has 61 heavy (non-hydrogen) atoms. The fourth-order valence-corrected chi connectivity index (χ4v) is 7.15. The maximum Gasteiger partial charge on any atom is 0.357 e. The number of aliphatic hydroxyl groups excluding tert-OH is 4. The minimum atomic E-state index is -1.44. The third-order valence-corrected chi connectivity index (χ3v) is 10.8. The predicted octanol–water partition coefficient (Wildman–Crippen LogP) is 3.32. The fraction of sp³-hybridized carbons (Fsp3) is 0.488. The number of hydrogen-bond donors (Lipinski definition) is 5. The van der Waals surface area contributed by atoms with E-state index in [4.69, 9.17) is 32.5 Å². The second-order valence-electron chi connectivity index (χ2n) is 16.1. The van der Waals surface area contributed by atoms with Crippen molar-refractivity contribution in [3.63, 3.8) is 0 Å². The molecule has 0 unspecified atom stereocenters. The van der Waals surface area contributed by atoms with Gasteiger partial charge in [-0.2, -0.15) is 12.1 Å². The fourth-order valence-electron chi connectivity index (χ4n) is 7.15. The molecule has 324 valence electrons. The predicted molar refractivity (Wildman–Crippen MR) is 211 cm³/mol. The number of hydrogen-bond acceptors (Lipinski definition) is 15. The van der Waals surface area contributed by atoms with Crippen molar-refractivity contribution in [3.05, 3.63) is 86.1 Å². The van der Waals surface area contributed by atoms with Crippen LogP contribution in [0.2, 0.25) is 0 Å². The quantitative estimate of drug-likeness (QED) is 0.0779. The molecule has 1 amide bonds. The van der Waals surface area contributed by atoms with Crippen LogP contribution in [0.3, 0.4) is 0 Å². The summed E-state index contributed by atoms with van der Waals surface area (Å²) in [5.41, 5.74) is -2.19. The third kappa shape index (κ3) is 11.3. The monoisotopic (exact) mass is 997 g/mol. The number of carbonyl (C=O) groups excluding carboxylic acids is 2. The number of amides is 1. The van der Waals surface area contributed by atoms with Gasteiger partial charge in [-0.3, -0.25) is 9.59 Å². The molecule has 6 rings (SSSR count). The molecule has 0 bridgehead atoms. The van der Waals surface area contributed by atoms with Crippen LogP contribution < -0.4 is 26.0 Å². The van der Waals surface area contributed by atoms with Gasteiger partial charge in [0.05, 0.1) is 17.3 Å². The van der Waals surface area contributed by atoms with Gasteiger partial charge in [-0.1, -0.05) is 68.0 Å². The maximum absolute atomic E-state index is 12.9. The van der Waals surface area contributed by atoms with Crippen molar-refractivity contribution in [1.82, 2.24) is 0 Å². The maximum atomic E-state index is 12.9. The van der Waals surface area contributed by atoms with E-state index in [0.717, 1.165) is 0 Å². The van der Waals surface area contributed by atoms with Crippen molar-refractivity contribution in [2.24, 2.45) is 5.92 Å². The van der Waals surface area contributed by atoms with E-state index in [1.54, 1.807) is 60.6 Å². The van der Waals surface area contributed by atoms with Crippen LogP contribution in [-0.4, -0.2) is 93.5 Å². The molecule has 8 atom stereocenters. The van der Waals surface area contributed by atoms with Gasteiger partial charge in [-0.25, -0.2) is 9.59 Å². The van der Waals surface area contributed by atoms with Gasteiger partial charge in [-0.05, 0) is 27.7 Å². The summed E-state index contributed by atoms with van der Waals surface area (Å²) in [6.45, 7) is 12.1. The van der Waals surface area contributed by atoms with Crippen molar-refractivity contribution in [1.29, 1.82) is 0 Å². The summed E-state index contributed by atoms with van der Waals surface area (Å²) in [6, 6.07) is 12.0. The molecule has 0 aliphatic carbocycles. The Kier molecular flexibility index (Phi) is 17.0. The molecular weight excluding hydrogens is 948 g/mol. The van der Waals surface area contributed by atoms with Gasteiger partial charge in [-0.15, -0.1) is 11.1 Å². The van der Waals surface area contributed by atoms with Crippen LogP contribution in [0.25, 0.3) is 21.9 Å². The van der Waals surface area contributed by atoms with Gasteiger partial charge < -0.3 is 58.3 Å². The minimum Gasteiger partial charge on any atom is -0.487 e. The van der Waals surface area contributed by atoms with Crippen molar-refractivity contribution in [3.8, 4) is 11.5 Å². The van der Waals surface area contributed by atoms with Gasteiger partial charge in [0, 0.05) is 126 Å². The minimum absolute atomic E-state index is 0. The van der Waals surface area contributed by atoms with E-state index in [-0.39, 0.29) is 130 Å². The molecule has 0 spiro atoms. The number of fused-ring (bicyclic) bond motifs is 2. The second kappa shape index (κ2) is 20.4. The number of anilines is 1. The van der Waals surface area contributed by atoms with Crippen LogP contribution in [0, 0.1) is 31.9 Å². The molecule has 18 heteroatoms. The smallest absolute Gasteiger partial charge is 0.357 e. The molecule has 2 aromatic carbocycles. The van der Waals surface area contributed by atoms with Crippen molar-refractivity contribution < 1.29 is 128 Å². The molecule has 2 aliphatic rings. The molecule has 2 fully saturated rings. The average molecular weight is 998 g/mol. The Balaban J connectivity index is 0.00000410. The molecule has 2 aromatic heterocycles. The zero-order chi connectivity index (χ0) is 43.1. The Labute approximate surface area is 402 Å². The van der Waals surface area contributed by atoms with Gasteiger partial charge in [0.25, 0.3) is 0 Å². The number of rotatable bonds is 12. The second-order valence-corrected chi connectivity index (χ2v) is 16.1. The number of ether oxygens (including phenoxy) is 5. The van der Waals surface area contributed by atoms with Crippen LogP contribution >= 0.6 is 0 Å². The first-order chi connectivity index (χ1) is 27.7. The van der Waals surface area contributed by atoms with Crippen LogP contribution in [0.5, 0.6) is 11.5 Å².